The van der Waals surface area contributed by atoms with Crippen molar-refractivity contribution in [2.24, 2.45) is 0 Å². The molecule has 0 radical (unpaired) electrons. The summed E-state index contributed by atoms with van der Waals surface area (Å²) in [6, 6.07) is 7.89. The number of nitrogens with zero attached hydrogens (tertiary/aromatic N) is 4. The first-order chi connectivity index (χ1) is 9.86. The zero-order chi connectivity index (χ0) is 13.8. The molecule has 6 heteroatoms. The number of ether oxygens (including phenoxy) is 1. The average molecular weight is 269 g/mol. The fourth-order valence-corrected chi connectivity index (χ4v) is 1.98. The van der Waals surface area contributed by atoms with Crippen molar-refractivity contribution in [3.05, 3.63) is 43.0 Å². The van der Waals surface area contributed by atoms with Gasteiger partial charge >= 0.3 is 0 Å². The minimum Gasteiger partial charge on any atom is -0.383 e. The lowest BCUT2D eigenvalue weighted by Gasteiger charge is -2.05. The number of rotatable bonds is 5. The Hall–Kier alpha value is -2.47. The van der Waals surface area contributed by atoms with Gasteiger partial charge in [-0.1, -0.05) is 12.1 Å². The van der Waals surface area contributed by atoms with Gasteiger partial charge in [0.15, 0.2) is 0 Å². The summed E-state index contributed by atoms with van der Waals surface area (Å²) in [4.78, 5) is 8.53. The van der Waals surface area contributed by atoms with Gasteiger partial charge in [0.25, 0.3) is 0 Å². The molecule has 1 aromatic carbocycles. The Balaban J connectivity index is 1.84. The van der Waals surface area contributed by atoms with Crippen LogP contribution in [0.4, 0.5) is 11.5 Å². The van der Waals surface area contributed by atoms with E-state index >= 15 is 0 Å². The summed E-state index contributed by atoms with van der Waals surface area (Å²) in [6.45, 7) is 1.36. The van der Waals surface area contributed by atoms with Gasteiger partial charge in [0.05, 0.1) is 30.6 Å². The molecule has 3 rings (SSSR count). The fourth-order valence-electron chi connectivity index (χ4n) is 1.98. The molecule has 1 N–H and O–H groups in total. The van der Waals surface area contributed by atoms with Gasteiger partial charge in [0.2, 0.25) is 0 Å². The zero-order valence-electron chi connectivity index (χ0n) is 11.2. The molecule has 20 heavy (non-hydrogen) atoms. The van der Waals surface area contributed by atoms with Gasteiger partial charge < -0.3 is 10.1 Å². The van der Waals surface area contributed by atoms with Crippen molar-refractivity contribution in [3.63, 3.8) is 0 Å². The molecule has 0 aliphatic heterocycles. The maximum atomic E-state index is 5.03. The van der Waals surface area contributed by atoms with E-state index in [0.717, 1.165) is 29.0 Å². The van der Waals surface area contributed by atoms with Crippen molar-refractivity contribution in [1.29, 1.82) is 0 Å². The molecule has 0 saturated carbocycles. The van der Waals surface area contributed by atoms with E-state index in [1.54, 1.807) is 19.6 Å². The molecule has 0 atom stereocenters. The summed E-state index contributed by atoms with van der Waals surface area (Å²) in [5.41, 5.74) is 1.81. The third-order valence-electron chi connectivity index (χ3n) is 2.96. The summed E-state index contributed by atoms with van der Waals surface area (Å²) in [5, 5.41) is 8.51. The number of para-hydroxylation sites is 1. The second-order valence-electron chi connectivity index (χ2n) is 4.35. The average Bonchev–Trinajstić information content (AvgIpc) is 2.93. The van der Waals surface area contributed by atoms with Crippen LogP contribution in [-0.4, -0.2) is 33.5 Å². The maximum Gasteiger partial charge on any atom is 0.141 e. The van der Waals surface area contributed by atoms with Gasteiger partial charge in [-0.15, -0.1) is 0 Å². The molecular formula is C14H15N5O. The highest BCUT2D eigenvalue weighted by atomic mass is 16.5. The molecular weight excluding hydrogens is 254 g/mol. The standard InChI is InChI=1S/C14H15N5O/c1-20-7-6-19-9-11(8-17-19)18-14-12-4-2-3-5-13(12)15-10-16-14/h2-5,8-10H,6-7H2,1H3,(H,15,16,18). The Morgan fingerprint density at radius 1 is 1.25 bits per heavy atom. The van der Waals surface area contributed by atoms with Gasteiger partial charge in [-0.2, -0.15) is 5.10 Å². The number of methoxy groups -OCH3 is 1. The Labute approximate surface area is 116 Å². The van der Waals surface area contributed by atoms with Crippen molar-refractivity contribution >= 4 is 22.4 Å². The lowest BCUT2D eigenvalue weighted by Crippen LogP contribution is -2.04. The van der Waals surface area contributed by atoms with E-state index in [1.807, 2.05) is 35.1 Å². The number of aromatic nitrogens is 4. The number of hydrogen-bond donors (Lipinski definition) is 1. The van der Waals surface area contributed by atoms with E-state index in [2.05, 4.69) is 20.4 Å². The third kappa shape index (κ3) is 2.60. The Morgan fingerprint density at radius 2 is 2.15 bits per heavy atom. The summed E-state index contributed by atoms with van der Waals surface area (Å²) in [7, 11) is 1.68. The van der Waals surface area contributed by atoms with Crippen molar-refractivity contribution < 1.29 is 4.74 Å². The van der Waals surface area contributed by atoms with Crippen LogP contribution in [0.15, 0.2) is 43.0 Å². The highest BCUT2D eigenvalue weighted by molar-refractivity contribution is 5.90. The number of anilines is 2. The maximum absolute atomic E-state index is 5.03. The molecule has 2 aromatic heterocycles. The van der Waals surface area contributed by atoms with E-state index in [-0.39, 0.29) is 0 Å². The molecule has 0 aliphatic rings. The van der Waals surface area contributed by atoms with Crippen LogP contribution in [0, 0.1) is 0 Å². The van der Waals surface area contributed by atoms with Crippen LogP contribution in [0.25, 0.3) is 10.9 Å². The minimum absolute atomic E-state index is 0.636. The molecule has 0 aliphatic carbocycles. The number of hydrogen-bond acceptors (Lipinski definition) is 5. The quantitative estimate of drug-likeness (QED) is 0.769. The Kier molecular flexibility index (Phi) is 3.56. The van der Waals surface area contributed by atoms with E-state index in [1.165, 1.54) is 0 Å². The van der Waals surface area contributed by atoms with Crippen molar-refractivity contribution in [3.8, 4) is 0 Å². The van der Waals surface area contributed by atoms with Gasteiger partial charge in [0, 0.05) is 18.7 Å². The predicted octanol–water partition coefficient (Wildman–Crippen LogP) is 2.22. The predicted molar refractivity (Wildman–Crippen MR) is 76.9 cm³/mol. The van der Waals surface area contributed by atoms with Gasteiger partial charge in [0.1, 0.15) is 12.1 Å². The summed E-state index contributed by atoms with van der Waals surface area (Å²) in [6.07, 6.45) is 5.25. The molecule has 0 amide bonds. The minimum atomic E-state index is 0.636. The lowest BCUT2D eigenvalue weighted by molar-refractivity contribution is 0.183. The number of fused-ring (bicyclic) bond motifs is 1. The van der Waals surface area contributed by atoms with Gasteiger partial charge in [-0.3, -0.25) is 4.68 Å². The van der Waals surface area contributed by atoms with E-state index < -0.39 is 0 Å². The van der Waals surface area contributed by atoms with Crippen LogP contribution in [0.1, 0.15) is 0 Å². The van der Waals surface area contributed by atoms with Crippen LogP contribution in [0.3, 0.4) is 0 Å². The highest BCUT2D eigenvalue weighted by Crippen LogP contribution is 2.22. The zero-order valence-corrected chi connectivity index (χ0v) is 11.2. The lowest BCUT2D eigenvalue weighted by atomic mass is 10.2. The molecule has 102 valence electrons. The highest BCUT2D eigenvalue weighted by Gasteiger charge is 2.04. The second kappa shape index (κ2) is 5.66. The van der Waals surface area contributed by atoms with Crippen molar-refractivity contribution in [2.75, 3.05) is 19.0 Å². The third-order valence-corrected chi connectivity index (χ3v) is 2.96. The molecule has 0 unspecified atom stereocenters. The Morgan fingerprint density at radius 3 is 3.05 bits per heavy atom. The largest absolute Gasteiger partial charge is 0.383 e. The normalized spacial score (nSPS) is 10.8. The first-order valence-corrected chi connectivity index (χ1v) is 6.35. The van der Waals surface area contributed by atoms with Gasteiger partial charge in [-0.25, -0.2) is 9.97 Å². The molecule has 0 bridgehead atoms. The summed E-state index contributed by atoms with van der Waals surface area (Å²) < 4.78 is 6.86. The smallest absolute Gasteiger partial charge is 0.141 e. The van der Waals surface area contributed by atoms with Crippen molar-refractivity contribution in [1.82, 2.24) is 19.7 Å². The molecule has 0 saturated heterocycles. The Bertz CT molecular complexity index is 704. The summed E-state index contributed by atoms with van der Waals surface area (Å²) >= 11 is 0. The molecule has 0 fully saturated rings. The first-order valence-electron chi connectivity index (χ1n) is 6.35. The van der Waals surface area contributed by atoms with Crippen LogP contribution >= 0.6 is 0 Å². The summed E-state index contributed by atoms with van der Waals surface area (Å²) in [5.74, 6) is 0.780. The number of nitrogens with one attached hydrogen (secondary N) is 1. The molecule has 6 nitrogen and oxygen atoms in total. The molecule has 2 heterocycles. The van der Waals surface area contributed by atoms with E-state index in [9.17, 15) is 0 Å². The SMILES string of the molecule is COCCn1cc(Nc2ncnc3ccccc23)cn1. The van der Waals surface area contributed by atoms with Crippen LogP contribution in [0.5, 0.6) is 0 Å². The van der Waals surface area contributed by atoms with E-state index in [0.29, 0.717) is 6.61 Å². The van der Waals surface area contributed by atoms with Crippen LogP contribution in [0.2, 0.25) is 0 Å². The van der Waals surface area contributed by atoms with Crippen molar-refractivity contribution in [2.45, 2.75) is 6.54 Å². The van der Waals surface area contributed by atoms with Gasteiger partial charge in [-0.05, 0) is 12.1 Å². The van der Waals surface area contributed by atoms with Crippen LogP contribution in [-0.2, 0) is 11.3 Å². The topological polar surface area (TPSA) is 64.9 Å². The fraction of sp³-hybridized carbons (Fsp3) is 0.214. The van der Waals surface area contributed by atoms with E-state index in [4.69, 9.17) is 4.74 Å². The van der Waals surface area contributed by atoms with Crippen LogP contribution < -0.4 is 5.32 Å². The molecule has 3 aromatic rings. The second-order valence-corrected chi connectivity index (χ2v) is 4.35. The number of benzene rings is 1. The molecule has 0 spiro atoms. The first kappa shape index (κ1) is 12.6. The monoisotopic (exact) mass is 269 g/mol.